The molecule has 0 fully saturated rings. The van der Waals surface area contributed by atoms with E-state index >= 15 is 0 Å². The van der Waals surface area contributed by atoms with Gasteiger partial charge in [0, 0.05) is 18.7 Å². The molecule has 0 saturated heterocycles. The van der Waals surface area contributed by atoms with Crippen molar-refractivity contribution in [3.8, 4) is 0 Å². The molecule has 0 saturated carbocycles. The van der Waals surface area contributed by atoms with E-state index in [-0.39, 0.29) is 5.97 Å². The van der Waals surface area contributed by atoms with Gasteiger partial charge < -0.3 is 10.1 Å². The van der Waals surface area contributed by atoms with Crippen molar-refractivity contribution in [3.63, 3.8) is 0 Å². The van der Waals surface area contributed by atoms with Crippen molar-refractivity contribution < 1.29 is 9.53 Å². The number of nitrogens with one attached hydrogen (secondary N) is 1. The van der Waals surface area contributed by atoms with Gasteiger partial charge in [0.15, 0.2) is 4.34 Å². The molecule has 0 bridgehead atoms. The Hall–Kier alpha value is -1.60. The van der Waals surface area contributed by atoms with Gasteiger partial charge in [0.1, 0.15) is 0 Å². The molecule has 0 unspecified atom stereocenters. The summed E-state index contributed by atoms with van der Waals surface area (Å²) in [4.78, 5) is 11.2. The summed E-state index contributed by atoms with van der Waals surface area (Å²) >= 11 is 3.15. The fraction of sp³-hybridized carbons (Fsp3) is 0.400. The van der Waals surface area contributed by atoms with E-state index in [4.69, 9.17) is 4.74 Å². The van der Waals surface area contributed by atoms with Gasteiger partial charge in [-0.3, -0.25) is 4.79 Å². The summed E-state index contributed by atoms with van der Waals surface area (Å²) in [5, 5.41) is 12.3. The molecule has 2 aromatic rings. The summed E-state index contributed by atoms with van der Waals surface area (Å²) in [5.41, 5.74) is 1.21. The fourth-order valence-electron chi connectivity index (χ4n) is 1.72. The number of nitrogens with zero attached hydrogens (tertiary/aromatic N) is 2. The van der Waals surface area contributed by atoms with Gasteiger partial charge in [0.05, 0.1) is 6.61 Å². The van der Waals surface area contributed by atoms with E-state index in [9.17, 15) is 4.79 Å². The number of anilines is 1. The third-order valence-corrected chi connectivity index (χ3v) is 4.85. The minimum atomic E-state index is -0.134. The second kappa shape index (κ2) is 9.42. The largest absolute Gasteiger partial charge is 0.466 e. The van der Waals surface area contributed by atoms with Crippen LogP contribution in [0.4, 0.5) is 5.13 Å². The molecule has 0 aliphatic heterocycles. The van der Waals surface area contributed by atoms with Crippen LogP contribution in [0, 0.1) is 0 Å². The Morgan fingerprint density at radius 2 is 2.14 bits per heavy atom. The first kappa shape index (κ1) is 16.8. The predicted molar refractivity (Wildman–Crippen MR) is 90.3 cm³/mol. The number of esters is 1. The van der Waals surface area contributed by atoms with Gasteiger partial charge in [-0.15, -0.1) is 10.2 Å². The lowest BCUT2D eigenvalue weighted by atomic mass is 10.2. The van der Waals surface area contributed by atoms with Crippen LogP contribution in [-0.2, 0) is 16.1 Å². The number of hydrogen-bond donors (Lipinski definition) is 1. The Morgan fingerprint density at radius 1 is 1.32 bits per heavy atom. The molecular formula is C15H19N3O2S2. The Morgan fingerprint density at radius 3 is 2.91 bits per heavy atom. The van der Waals surface area contributed by atoms with Crippen molar-refractivity contribution in [2.45, 2.75) is 30.6 Å². The molecule has 5 nitrogen and oxygen atoms in total. The third-order valence-electron chi connectivity index (χ3n) is 2.75. The number of aromatic nitrogens is 2. The topological polar surface area (TPSA) is 64.1 Å². The zero-order valence-corrected chi connectivity index (χ0v) is 14.1. The van der Waals surface area contributed by atoms with Gasteiger partial charge in [-0.2, -0.15) is 0 Å². The normalized spacial score (nSPS) is 10.4. The van der Waals surface area contributed by atoms with Crippen molar-refractivity contribution in [1.82, 2.24) is 10.2 Å². The van der Waals surface area contributed by atoms with Crippen molar-refractivity contribution in [1.29, 1.82) is 0 Å². The molecule has 118 valence electrons. The molecule has 2 rings (SSSR count). The van der Waals surface area contributed by atoms with Gasteiger partial charge >= 0.3 is 5.97 Å². The Kier molecular flexibility index (Phi) is 7.18. The first-order valence-electron chi connectivity index (χ1n) is 7.17. The lowest BCUT2D eigenvalue weighted by Gasteiger charge is -2.01. The van der Waals surface area contributed by atoms with Crippen molar-refractivity contribution in [2.75, 3.05) is 17.7 Å². The first-order chi connectivity index (χ1) is 10.8. The van der Waals surface area contributed by atoms with Gasteiger partial charge in [0.2, 0.25) is 5.13 Å². The number of benzene rings is 1. The molecule has 1 N–H and O–H groups in total. The van der Waals surface area contributed by atoms with Crippen LogP contribution in [0.15, 0.2) is 34.7 Å². The standard InChI is InChI=1S/C15H19N3O2S2/c1-2-20-13(19)9-6-10-21-15-18-17-14(22-15)16-11-12-7-4-3-5-8-12/h3-5,7-8H,2,6,9-11H2,1H3,(H,16,17). The molecule has 1 heterocycles. The summed E-state index contributed by atoms with van der Waals surface area (Å²) in [6, 6.07) is 10.2. The highest BCUT2D eigenvalue weighted by Gasteiger charge is 2.06. The molecule has 7 heteroatoms. The molecule has 0 aliphatic rings. The molecule has 0 amide bonds. The quantitative estimate of drug-likeness (QED) is 0.429. The van der Waals surface area contributed by atoms with Crippen LogP contribution in [0.25, 0.3) is 0 Å². The minimum Gasteiger partial charge on any atom is -0.466 e. The van der Waals surface area contributed by atoms with Crippen LogP contribution < -0.4 is 5.32 Å². The molecule has 22 heavy (non-hydrogen) atoms. The van der Waals surface area contributed by atoms with Gasteiger partial charge in [0.25, 0.3) is 0 Å². The highest BCUT2D eigenvalue weighted by atomic mass is 32.2. The summed E-state index contributed by atoms with van der Waals surface area (Å²) in [5.74, 6) is 0.706. The number of carbonyl (C=O) groups is 1. The zero-order valence-electron chi connectivity index (χ0n) is 12.4. The summed E-state index contributed by atoms with van der Waals surface area (Å²) in [6.07, 6.45) is 1.24. The molecular weight excluding hydrogens is 318 g/mol. The number of hydrogen-bond acceptors (Lipinski definition) is 7. The first-order valence-corrected chi connectivity index (χ1v) is 8.98. The minimum absolute atomic E-state index is 0.134. The van der Waals surface area contributed by atoms with Crippen LogP contribution in [0.1, 0.15) is 25.3 Å². The van der Waals surface area contributed by atoms with Crippen LogP contribution in [0.2, 0.25) is 0 Å². The van der Waals surface area contributed by atoms with E-state index in [2.05, 4.69) is 27.6 Å². The number of thioether (sulfide) groups is 1. The molecule has 0 atom stereocenters. The molecule has 0 aliphatic carbocycles. The Labute approximate surface area is 138 Å². The third kappa shape index (κ3) is 6.03. The molecule has 1 aromatic heterocycles. The summed E-state index contributed by atoms with van der Waals surface area (Å²) in [7, 11) is 0. The van der Waals surface area contributed by atoms with Crippen LogP contribution in [-0.4, -0.2) is 28.5 Å². The highest BCUT2D eigenvalue weighted by Crippen LogP contribution is 2.26. The van der Waals surface area contributed by atoms with Crippen molar-refractivity contribution in [2.24, 2.45) is 0 Å². The maximum atomic E-state index is 11.2. The van der Waals surface area contributed by atoms with Crippen LogP contribution >= 0.6 is 23.1 Å². The molecule has 1 aromatic carbocycles. The molecule has 0 radical (unpaired) electrons. The maximum Gasteiger partial charge on any atom is 0.305 e. The van der Waals surface area contributed by atoms with E-state index in [1.165, 1.54) is 16.9 Å². The number of carbonyl (C=O) groups excluding carboxylic acids is 1. The smallest absolute Gasteiger partial charge is 0.305 e. The average Bonchev–Trinajstić information content (AvgIpc) is 2.99. The zero-order chi connectivity index (χ0) is 15.6. The lowest BCUT2D eigenvalue weighted by molar-refractivity contribution is -0.143. The van der Waals surface area contributed by atoms with Crippen LogP contribution in [0.3, 0.4) is 0 Å². The van der Waals surface area contributed by atoms with E-state index in [0.717, 1.165) is 28.2 Å². The van der Waals surface area contributed by atoms with Crippen molar-refractivity contribution in [3.05, 3.63) is 35.9 Å². The second-order valence-corrected chi connectivity index (χ2v) is 6.79. The van der Waals surface area contributed by atoms with E-state index < -0.39 is 0 Å². The maximum absolute atomic E-state index is 11.2. The SMILES string of the molecule is CCOC(=O)CCCSc1nnc(NCc2ccccc2)s1. The monoisotopic (exact) mass is 337 g/mol. The Bertz CT molecular complexity index is 575. The summed E-state index contributed by atoms with van der Waals surface area (Å²) in [6.45, 7) is 3.00. The van der Waals surface area contributed by atoms with Gasteiger partial charge in [-0.1, -0.05) is 53.4 Å². The predicted octanol–water partition coefficient (Wildman–Crippen LogP) is 3.59. The average molecular weight is 337 g/mol. The molecule has 0 spiro atoms. The highest BCUT2D eigenvalue weighted by molar-refractivity contribution is 8.01. The number of ether oxygens (including phenoxy) is 1. The van der Waals surface area contributed by atoms with Crippen molar-refractivity contribution >= 4 is 34.2 Å². The van der Waals surface area contributed by atoms with Crippen LogP contribution in [0.5, 0.6) is 0 Å². The van der Waals surface area contributed by atoms with E-state index in [1.54, 1.807) is 11.8 Å². The number of rotatable bonds is 9. The Balaban J connectivity index is 1.67. The van der Waals surface area contributed by atoms with Gasteiger partial charge in [-0.25, -0.2) is 0 Å². The summed E-state index contributed by atoms with van der Waals surface area (Å²) < 4.78 is 5.80. The fourth-order valence-corrected chi connectivity index (χ4v) is 3.48. The van der Waals surface area contributed by atoms with E-state index in [0.29, 0.717) is 13.0 Å². The van der Waals surface area contributed by atoms with E-state index in [1.807, 2.05) is 25.1 Å². The van der Waals surface area contributed by atoms with Gasteiger partial charge in [-0.05, 0) is 18.9 Å². The lowest BCUT2D eigenvalue weighted by Crippen LogP contribution is -2.03. The second-order valence-electron chi connectivity index (χ2n) is 4.47.